The van der Waals surface area contributed by atoms with Gasteiger partial charge in [-0.2, -0.15) is 13.2 Å². The fraction of sp³-hybridized carbons (Fsp3) is 0.214. The summed E-state index contributed by atoms with van der Waals surface area (Å²) in [6.07, 6.45) is -2.82. The van der Waals surface area contributed by atoms with Gasteiger partial charge in [-0.1, -0.05) is 0 Å². The summed E-state index contributed by atoms with van der Waals surface area (Å²) in [5.41, 5.74) is 0.433. The molecule has 1 heterocycles. The topological polar surface area (TPSA) is 34.1 Å². The Labute approximate surface area is 114 Å². The van der Waals surface area contributed by atoms with E-state index in [1.165, 1.54) is 13.2 Å². The van der Waals surface area contributed by atoms with Gasteiger partial charge < -0.3 is 10.1 Å². The van der Waals surface area contributed by atoms with Crippen LogP contribution in [0.15, 0.2) is 36.5 Å². The molecule has 3 nitrogen and oxygen atoms in total. The molecule has 1 aromatic carbocycles. The van der Waals surface area contributed by atoms with Gasteiger partial charge in [-0.15, -0.1) is 0 Å². The molecule has 0 unspecified atom stereocenters. The summed E-state index contributed by atoms with van der Waals surface area (Å²) in [5.74, 6) is 0.781. The van der Waals surface area contributed by atoms with Crippen molar-refractivity contribution in [3.8, 4) is 5.75 Å². The lowest BCUT2D eigenvalue weighted by molar-refractivity contribution is -0.137. The first-order chi connectivity index (χ1) is 9.40. The van der Waals surface area contributed by atoms with E-state index in [0.29, 0.717) is 11.6 Å². The van der Waals surface area contributed by atoms with Gasteiger partial charge in [0.1, 0.15) is 11.6 Å². The van der Waals surface area contributed by atoms with E-state index in [1.54, 1.807) is 18.3 Å². The second-order valence-electron chi connectivity index (χ2n) is 4.26. The van der Waals surface area contributed by atoms with Crippen molar-refractivity contribution in [1.29, 1.82) is 0 Å². The van der Waals surface area contributed by atoms with Crippen molar-refractivity contribution in [2.75, 3.05) is 12.4 Å². The van der Waals surface area contributed by atoms with Crippen LogP contribution in [0.3, 0.4) is 0 Å². The minimum atomic E-state index is -4.40. The monoisotopic (exact) mass is 282 g/mol. The van der Waals surface area contributed by atoms with E-state index in [9.17, 15) is 13.2 Å². The van der Waals surface area contributed by atoms with Crippen LogP contribution >= 0.6 is 0 Å². The van der Waals surface area contributed by atoms with E-state index in [1.807, 2.05) is 6.92 Å². The highest BCUT2D eigenvalue weighted by Gasteiger charge is 2.31. The Morgan fingerprint density at radius 2 is 1.90 bits per heavy atom. The van der Waals surface area contributed by atoms with Crippen molar-refractivity contribution >= 4 is 11.5 Å². The van der Waals surface area contributed by atoms with Crippen LogP contribution in [0.2, 0.25) is 0 Å². The van der Waals surface area contributed by atoms with E-state index in [2.05, 4.69) is 10.3 Å². The number of aromatic nitrogens is 1. The van der Waals surface area contributed by atoms with Gasteiger partial charge in [0.05, 0.1) is 18.4 Å². The lowest BCUT2D eigenvalue weighted by atomic mass is 10.1. The Balaban J connectivity index is 2.38. The number of nitrogens with zero attached hydrogens (tertiary/aromatic N) is 1. The van der Waals surface area contributed by atoms with E-state index in [4.69, 9.17) is 4.74 Å². The van der Waals surface area contributed by atoms with Gasteiger partial charge in [0.2, 0.25) is 0 Å². The number of methoxy groups -OCH3 is 1. The number of halogens is 3. The number of aryl methyl sites for hydroxylation is 1. The number of ether oxygens (including phenoxy) is 1. The first-order valence-corrected chi connectivity index (χ1v) is 5.85. The van der Waals surface area contributed by atoms with Crippen LogP contribution < -0.4 is 10.1 Å². The molecular weight excluding hydrogens is 269 g/mol. The molecular formula is C14H13F3N2O. The fourth-order valence-corrected chi connectivity index (χ4v) is 1.72. The summed E-state index contributed by atoms with van der Waals surface area (Å²) in [4.78, 5) is 4.05. The molecule has 2 aromatic rings. The number of benzene rings is 1. The van der Waals surface area contributed by atoms with Crippen molar-refractivity contribution in [3.63, 3.8) is 0 Å². The van der Waals surface area contributed by atoms with Crippen LogP contribution in [-0.2, 0) is 6.18 Å². The molecule has 0 radical (unpaired) electrons. The minimum absolute atomic E-state index is 0.223. The van der Waals surface area contributed by atoms with Gasteiger partial charge in [0, 0.05) is 6.20 Å². The highest BCUT2D eigenvalue weighted by Crippen LogP contribution is 2.35. The van der Waals surface area contributed by atoms with E-state index >= 15 is 0 Å². The molecule has 1 N–H and O–H groups in total. The average Bonchev–Trinajstić information content (AvgIpc) is 2.37. The van der Waals surface area contributed by atoms with E-state index in [0.717, 1.165) is 17.7 Å². The maximum absolute atomic E-state index is 12.7. The van der Waals surface area contributed by atoms with Crippen LogP contribution in [0.4, 0.5) is 24.7 Å². The molecule has 0 spiro atoms. The molecule has 106 valence electrons. The largest absolute Gasteiger partial charge is 0.495 e. The predicted molar refractivity (Wildman–Crippen MR) is 70.3 cm³/mol. The lowest BCUT2D eigenvalue weighted by Gasteiger charge is -2.14. The lowest BCUT2D eigenvalue weighted by Crippen LogP contribution is -2.06. The molecule has 0 aliphatic heterocycles. The zero-order valence-electron chi connectivity index (χ0n) is 11.0. The van der Waals surface area contributed by atoms with Gasteiger partial charge in [-0.3, -0.25) is 0 Å². The molecule has 0 fully saturated rings. The summed E-state index contributed by atoms with van der Waals surface area (Å²) in [5, 5.41) is 2.84. The summed E-state index contributed by atoms with van der Waals surface area (Å²) < 4.78 is 43.2. The van der Waals surface area contributed by atoms with Gasteiger partial charge in [0.25, 0.3) is 0 Å². The maximum atomic E-state index is 12.7. The Morgan fingerprint density at radius 1 is 1.15 bits per heavy atom. The second kappa shape index (κ2) is 5.40. The number of pyridine rings is 1. The molecule has 6 heteroatoms. The van der Waals surface area contributed by atoms with Crippen LogP contribution in [0.1, 0.15) is 11.1 Å². The third-order valence-electron chi connectivity index (χ3n) is 2.70. The Hall–Kier alpha value is -2.24. The molecule has 20 heavy (non-hydrogen) atoms. The Bertz CT molecular complexity index is 612. The van der Waals surface area contributed by atoms with Crippen LogP contribution in [-0.4, -0.2) is 12.1 Å². The molecule has 0 saturated carbocycles. The second-order valence-corrected chi connectivity index (χ2v) is 4.26. The Kier molecular flexibility index (Phi) is 3.83. The predicted octanol–water partition coefficient (Wildman–Crippen LogP) is 4.16. The fourth-order valence-electron chi connectivity index (χ4n) is 1.72. The highest BCUT2D eigenvalue weighted by atomic mass is 19.4. The molecule has 0 aliphatic carbocycles. The van der Waals surface area contributed by atoms with Crippen molar-refractivity contribution in [2.24, 2.45) is 0 Å². The van der Waals surface area contributed by atoms with Gasteiger partial charge in [-0.05, 0) is 42.8 Å². The van der Waals surface area contributed by atoms with Crippen LogP contribution in [0, 0.1) is 6.92 Å². The van der Waals surface area contributed by atoms with E-state index in [-0.39, 0.29) is 5.69 Å². The number of hydrogen-bond acceptors (Lipinski definition) is 3. The average molecular weight is 282 g/mol. The molecule has 0 saturated heterocycles. The molecule has 0 bridgehead atoms. The summed E-state index contributed by atoms with van der Waals surface area (Å²) in [6, 6.07) is 6.80. The standard InChI is InChI=1S/C14H13F3N2O/c1-9-5-6-18-13(7-9)19-11-8-10(14(15,16)17)3-4-12(11)20-2/h3-8H,1-2H3,(H,18,19). The smallest absolute Gasteiger partial charge is 0.416 e. The summed E-state index contributed by atoms with van der Waals surface area (Å²) in [7, 11) is 1.40. The zero-order valence-corrected chi connectivity index (χ0v) is 11.0. The third-order valence-corrected chi connectivity index (χ3v) is 2.70. The van der Waals surface area contributed by atoms with Crippen LogP contribution in [0.25, 0.3) is 0 Å². The molecule has 2 rings (SSSR count). The normalized spacial score (nSPS) is 11.2. The van der Waals surface area contributed by atoms with Gasteiger partial charge >= 0.3 is 6.18 Å². The van der Waals surface area contributed by atoms with Crippen LogP contribution in [0.5, 0.6) is 5.75 Å². The van der Waals surface area contributed by atoms with Gasteiger partial charge in [0.15, 0.2) is 0 Å². The van der Waals surface area contributed by atoms with Crippen molar-refractivity contribution in [2.45, 2.75) is 13.1 Å². The number of hydrogen-bond donors (Lipinski definition) is 1. The molecule has 0 atom stereocenters. The number of rotatable bonds is 3. The highest BCUT2D eigenvalue weighted by molar-refractivity contribution is 5.65. The summed E-state index contributed by atoms with van der Waals surface area (Å²) >= 11 is 0. The third kappa shape index (κ3) is 3.20. The number of nitrogens with one attached hydrogen (secondary N) is 1. The van der Waals surface area contributed by atoms with Crippen molar-refractivity contribution in [1.82, 2.24) is 4.98 Å². The maximum Gasteiger partial charge on any atom is 0.416 e. The number of anilines is 2. The first-order valence-electron chi connectivity index (χ1n) is 5.85. The van der Waals surface area contributed by atoms with Crippen molar-refractivity contribution < 1.29 is 17.9 Å². The molecule has 1 aromatic heterocycles. The van der Waals surface area contributed by atoms with Gasteiger partial charge in [-0.25, -0.2) is 4.98 Å². The quantitative estimate of drug-likeness (QED) is 0.917. The van der Waals surface area contributed by atoms with Crippen molar-refractivity contribution in [3.05, 3.63) is 47.7 Å². The SMILES string of the molecule is COc1ccc(C(F)(F)F)cc1Nc1cc(C)ccn1. The Morgan fingerprint density at radius 3 is 2.50 bits per heavy atom. The molecule has 0 amide bonds. The van der Waals surface area contributed by atoms with E-state index < -0.39 is 11.7 Å². The summed E-state index contributed by atoms with van der Waals surface area (Å²) in [6.45, 7) is 1.87. The molecule has 0 aliphatic rings. The number of alkyl halides is 3. The zero-order chi connectivity index (χ0) is 14.8. The first kappa shape index (κ1) is 14.2. The minimum Gasteiger partial charge on any atom is -0.495 e.